The van der Waals surface area contributed by atoms with Crippen molar-refractivity contribution in [2.24, 2.45) is 0 Å². The van der Waals surface area contributed by atoms with Gasteiger partial charge in [-0.05, 0) is 46.3 Å². The summed E-state index contributed by atoms with van der Waals surface area (Å²) in [4.78, 5) is 48.3. The summed E-state index contributed by atoms with van der Waals surface area (Å²) in [6, 6.07) is 23.0. The fraction of sp³-hybridized carbons (Fsp3) is 0.0370. The highest BCUT2D eigenvalue weighted by Crippen LogP contribution is 2.39. The van der Waals surface area contributed by atoms with Crippen LogP contribution in [0.2, 0.25) is 0 Å². The number of hydrogen-bond acceptors (Lipinski definition) is 8. The first-order valence-electron chi connectivity index (χ1n) is 11.2. The lowest BCUT2D eigenvalue weighted by molar-refractivity contribution is -0.394. The first kappa shape index (κ1) is 24.7. The minimum Gasteiger partial charge on any atom is -0.449 e. The molecule has 0 radical (unpaired) electrons. The Morgan fingerprint density at radius 1 is 0.842 bits per heavy atom. The van der Waals surface area contributed by atoms with Crippen molar-refractivity contribution >= 4 is 51.1 Å². The second-order valence-corrected chi connectivity index (χ2v) is 9.21. The molecule has 0 N–H and O–H groups in total. The Bertz CT molecular complexity index is 1660. The summed E-state index contributed by atoms with van der Waals surface area (Å²) in [6.07, 6.45) is 1.49. The van der Waals surface area contributed by atoms with Crippen molar-refractivity contribution in [3.05, 3.63) is 121 Å². The van der Waals surface area contributed by atoms with Gasteiger partial charge in [-0.25, -0.2) is 0 Å². The predicted octanol–water partition coefficient (Wildman–Crippen LogP) is 6.69. The quantitative estimate of drug-likeness (QED) is 0.148. The standard InChI is InChI=1S/C27H17N3O7S/c31-26-25(38-27(32)28(26)16-19-9-5-8-17-6-1-3-10-21(17)19)14-18-7-2-4-11-23(18)37-24-13-12-20(29(33)34)15-22(24)30(35)36/h1-15H,16H2/b25-14-. The monoisotopic (exact) mass is 527 g/mol. The molecule has 1 fully saturated rings. The molecule has 0 aromatic heterocycles. The molecule has 10 nitrogen and oxygen atoms in total. The summed E-state index contributed by atoms with van der Waals surface area (Å²) in [6.45, 7) is 0.108. The number of non-ortho nitro benzene ring substituents is 1. The molecular formula is C27H17N3O7S. The van der Waals surface area contributed by atoms with Crippen LogP contribution in [0.4, 0.5) is 16.2 Å². The van der Waals surface area contributed by atoms with Gasteiger partial charge in [-0.15, -0.1) is 0 Å². The largest absolute Gasteiger partial charge is 0.449 e. The summed E-state index contributed by atoms with van der Waals surface area (Å²) in [7, 11) is 0. The number of rotatable bonds is 7. The van der Waals surface area contributed by atoms with Crippen LogP contribution >= 0.6 is 11.8 Å². The second-order valence-electron chi connectivity index (χ2n) is 8.21. The Morgan fingerprint density at radius 3 is 2.37 bits per heavy atom. The second kappa shape index (κ2) is 10.1. The van der Waals surface area contributed by atoms with E-state index in [0.29, 0.717) is 5.56 Å². The molecule has 0 saturated carbocycles. The van der Waals surface area contributed by atoms with Gasteiger partial charge in [0, 0.05) is 11.6 Å². The molecule has 1 aliphatic heterocycles. The molecule has 11 heteroatoms. The van der Waals surface area contributed by atoms with Crippen molar-refractivity contribution in [3.63, 3.8) is 0 Å². The number of ether oxygens (including phenoxy) is 1. The first-order chi connectivity index (χ1) is 18.3. The Hall–Kier alpha value is -5.03. The number of para-hydroxylation sites is 1. The number of hydrogen-bond donors (Lipinski definition) is 0. The maximum Gasteiger partial charge on any atom is 0.318 e. The van der Waals surface area contributed by atoms with Crippen molar-refractivity contribution in [3.8, 4) is 11.5 Å². The van der Waals surface area contributed by atoms with Gasteiger partial charge >= 0.3 is 5.69 Å². The number of benzene rings is 4. The molecule has 0 aliphatic carbocycles. The fourth-order valence-electron chi connectivity index (χ4n) is 4.04. The Kier molecular flexibility index (Phi) is 6.58. The molecule has 1 saturated heterocycles. The van der Waals surface area contributed by atoms with E-state index in [9.17, 15) is 29.8 Å². The molecule has 4 aromatic rings. The van der Waals surface area contributed by atoms with Crippen LogP contribution in [-0.2, 0) is 11.3 Å². The molecule has 38 heavy (non-hydrogen) atoms. The summed E-state index contributed by atoms with van der Waals surface area (Å²) in [5.41, 5.74) is 0.207. The first-order valence-corrected chi connectivity index (χ1v) is 12.0. The molecule has 0 bridgehead atoms. The van der Waals surface area contributed by atoms with Crippen LogP contribution in [0.25, 0.3) is 16.8 Å². The number of nitro benzene ring substituents is 2. The molecule has 1 heterocycles. The normalized spacial score (nSPS) is 14.3. The van der Waals surface area contributed by atoms with E-state index < -0.39 is 32.4 Å². The minimum atomic E-state index is -0.774. The van der Waals surface area contributed by atoms with Gasteiger partial charge in [-0.1, -0.05) is 60.7 Å². The molecule has 5 rings (SSSR count). The average Bonchev–Trinajstić information content (AvgIpc) is 3.17. The maximum atomic E-state index is 13.2. The van der Waals surface area contributed by atoms with Gasteiger partial charge < -0.3 is 4.74 Å². The van der Waals surface area contributed by atoms with E-state index in [4.69, 9.17) is 4.74 Å². The number of amides is 2. The van der Waals surface area contributed by atoms with Gasteiger partial charge in [0.15, 0.2) is 0 Å². The van der Waals surface area contributed by atoms with Crippen LogP contribution in [-0.4, -0.2) is 25.9 Å². The smallest absolute Gasteiger partial charge is 0.318 e. The van der Waals surface area contributed by atoms with Gasteiger partial charge in [0.1, 0.15) is 5.75 Å². The number of fused-ring (bicyclic) bond motifs is 1. The zero-order valence-corrected chi connectivity index (χ0v) is 20.3. The van der Waals surface area contributed by atoms with Crippen LogP contribution in [0.3, 0.4) is 0 Å². The highest BCUT2D eigenvalue weighted by atomic mass is 32.2. The lowest BCUT2D eigenvalue weighted by atomic mass is 10.0. The average molecular weight is 528 g/mol. The van der Waals surface area contributed by atoms with E-state index in [0.717, 1.165) is 46.3 Å². The number of nitro groups is 2. The number of imide groups is 1. The highest BCUT2D eigenvalue weighted by molar-refractivity contribution is 8.18. The number of thioether (sulfide) groups is 1. The molecule has 0 unspecified atom stereocenters. The molecule has 0 spiro atoms. The third-order valence-electron chi connectivity index (χ3n) is 5.86. The van der Waals surface area contributed by atoms with Crippen LogP contribution < -0.4 is 4.74 Å². The number of carbonyl (C=O) groups excluding carboxylic acids is 2. The molecular weight excluding hydrogens is 510 g/mol. The van der Waals surface area contributed by atoms with Crippen molar-refractivity contribution in [2.75, 3.05) is 0 Å². The maximum absolute atomic E-state index is 13.2. The lowest BCUT2D eigenvalue weighted by Gasteiger charge is -2.14. The Balaban J connectivity index is 1.43. The zero-order chi connectivity index (χ0) is 26.8. The van der Waals surface area contributed by atoms with Crippen molar-refractivity contribution < 1.29 is 24.2 Å². The van der Waals surface area contributed by atoms with E-state index >= 15 is 0 Å². The molecule has 0 atom stereocenters. The fourth-order valence-corrected chi connectivity index (χ4v) is 4.87. The topological polar surface area (TPSA) is 133 Å². The van der Waals surface area contributed by atoms with E-state index in [2.05, 4.69) is 0 Å². The third kappa shape index (κ3) is 4.82. The van der Waals surface area contributed by atoms with Crippen LogP contribution in [0.1, 0.15) is 11.1 Å². The van der Waals surface area contributed by atoms with Crippen molar-refractivity contribution in [2.45, 2.75) is 6.54 Å². The van der Waals surface area contributed by atoms with Crippen molar-refractivity contribution in [1.82, 2.24) is 4.90 Å². The zero-order valence-electron chi connectivity index (χ0n) is 19.5. The van der Waals surface area contributed by atoms with E-state index in [1.807, 2.05) is 42.5 Å². The molecule has 188 valence electrons. The molecule has 1 aliphatic rings. The van der Waals surface area contributed by atoms with Gasteiger partial charge in [-0.2, -0.15) is 0 Å². The van der Waals surface area contributed by atoms with E-state index in [1.54, 1.807) is 18.2 Å². The SMILES string of the molecule is O=C1S/C(=C\c2ccccc2Oc2ccc([N+](=O)[O-])cc2[N+](=O)[O-])C(=O)N1Cc1cccc2ccccc12. The van der Waals surface area contributed by atoms with Gasteiger partial charge in [0.25, 0.3) is 16.8 Å². The van der Waals surface area contributed by atoms with Crippen LogP contribution in [0.15, 0.2) is 89.8 Å². The van der Waals surface area contributed by atoms with Crippen LogP contribution in [0, 0.1) is 20.2 Å². The Morgan fingerprint density at radius 2 is 1.58 bits per heavy atom. The summed E-state index contributed by atoms with van der Waals surface area (Å²) in [5, 5.41) is 24.0. The van der Waals surface area contributed by atoms with E-state index in [1.165, 1.54) is 17.0 Å². The summed E-state index contributed by atoms with van der Waals surface area (Å²) in [5.74, 6) is -0.500. The predicted molar refractivity (Wildman–Crippen MR) is 142 cm³/mol. The summed E-state index contributed by atoms with van der Waals surface area (Å²) >= 11 is 0.789. The van der Waals surface area contributed by atoms with Gasteiger partial charge in [0.2, 0.25) is 5.75 Å². The van der Waals surface area contributed by atoms with Gasteiger partial charge in [-0.3, -0.25) is 34.7 Å². The third-order valence-corrected chi connectivity index (χ3v) is 6.76. The van der Waals surface area contributed by atoms with Gasteiger partial charge in [0.05, 0.1) is 27.4 Å². The number of nitrogens with zero attached hydrogens (tertiary/aromatic N) is 3. The van der Waals surface area contributed by atoms with E-state index in [-0.39, 0.29) is 22.9 Å². The molecule has 2 amide bonds. The lowest BCUT2D eigenvalue weighted by Crippen LogP contribution is -2.27. The number of carbonyl (C=O) groups is 2. The minimum absolute atomic E-state index is 0.108. The highest BCUT2D eigenvalue weighted by Gasteiger charge is 2.35. The van der Waals surface area contributed by atoms with Crippen molar-refractivity contribution in [1.29, 1.82) is 0 Å². The van der Waals surface area contributed by atoms with Crippen LogP contribution in [0.5, 0.6) is 11.5 Å². The Labute approximate surface area is 219 Å². The molecule has 4 aromatic carbocycles. The summed E-state index contributed by atoms with van der Waals surface area (Å²) < 4.78 is 5.75.